The van der Waals surface area contributed by atoms with E-state index in [0.717, 1.165) is 12.8 Å². The van der Waals surface area contributed by atoms with Gasteiger partial charge in [0.05, 0.1) is 0 Å². The van der Waals surface area contributed by atoms with Gasteiger partial charge in [0, 0.05) is 13.5 Å². The van der Waals surface area contributed by atoms with E-state index in [9.17, 15) is 0 Å². The molecule has 1 fully saturated rings. The molecule has 0 aromatic rings. The fraction of sp³-hybridized carbons (Fsp3) is 0.952. The molecule has 1 saturated heterocycles. The number of likely N-dealkylation sites (tertiary alicyclic amines) is 1. The van der Waals surface area contributed by atoms with Gasteiger partial charge in [0.25, 0.3) is 5.97 Å². The molecule has 0 spiro atoms. The monoisotopic (exact) mass is 341 g/mol. The molecule has 0 radical (unpaired) electrons. The number of carboxylic acids is 1. The highest BCUT2D eigenvalue weighted by Crippen LogP contribution is 2.22. The zero-order valence-corrected chi connectivity index (χ0v) is 16.7. The summed E-state index contributed by atoms with van der Waals surface area (Å²) in [5.41, 5.74) is 0. The molecule has 0 amide bonds. The Morgan fingerprint density at radius 1 is 0.917 bits per heavy atom. The largest absolute Gasteiger partial charge is 0.481 e. The van der Waals surface area contributed by atoms with Crippen molar-refractivity contribution in [3.8, 4) is 0 Å². The van der Waals surface area contributed by atoms with Gasteiger partial charge in [-0.3, -0.25) is 4.79 Å². The summed E-state index contributed by atoms with van der Waals surface area (Å²) in [6, 6.07) is 0. The molecule has 0 aromatic carbocycles. The van der Waals surface area contributed by atoms with Gasteiger partial charge >= 0.3 is 0 Å². The lowest BCUT2D eigenvalue weighted by atomic mass is 10.0. The number of rotatable bonds is 13. The first-order valence-corrected chi connectivity index (χ1v) is 10.5. The van der Waals surface area contributed by atoms with E-state index in [-0.39, 0.29) is 0 Å². The van der Waals surface area contributed by atoms with Gasteiger partial charge in [0.1, 0.15) is 0 Å². The quantitative estimate of drug-likeness (QED) is 0.410. The van der Waals surface area contributed by atoms with E-state index >= 15 is 0 Å². The number of hydrogen-bond acceptors (Lipinski definition) is 2. The van der Waals surface area contributed by atoms with Crippen molar-refractivity contribution in [3.63, 3.8) is 0 Å². The summed E-state index contributed by atoms with van der Waals surface area (Å²) in [4.78, 5) is 11.7. The van der Waals surface area contributed by atoms with Crippen molar-refractivity contribution < 1.29 is 9.90 Å². The summed E-state index contributed by atoms with van der Waals surface area (Å²) in [6.07, 6.45) is 18.8. The number of carboxylic acid groups (broad SMARTS) is 1. The maximum atomic E-state index is 9.00. The molecule has 1 unspecified atom stereocenters. The number of unbranched alkanes of at least 4 members (excludes halogenated alkanes) is 9. The number of hydrogen-bond donors (Lipinski definition) is 1. The van der Waals surface area contributed by atoms with Crippen LogP contribution in [0.1, 0.15) is 104 Å². The van der Waals surface area contributed by atoms with Crippen LogP contribution in [-0.4, -0.2) is 35.6 Å². The van der Waals surface area contributed by atoms with Gasteiger partial charge in [-0.2, -0.15) is 0 Å². The Bertz CT molecular complexity index is 277. The highest BCUT2D eigenvalue weighted by molar-refractivity contribution is 5.62. The molecule has 24 heavy (non-hydrogen) atoms. The zero-order chi connectivity index (χ0) is 18.0. The van der Waals surface area contributed by atoms with Crippen LogP contribution in [0.3, 0.4) is 0 Å². The van der Waals surface area contributed by atoms with Crippen LogP contribution < -0.4 is 0 Å². The van der Waals surface area contributed by atoms with Gasteiger partial charge in [0.15, 0.2) is 0 Å². The topological polar surface area (TPSA) is 40.5 Å². The average Bonchev–Trinajstić information content (AvgIpc) is 2.98. The Morgan fingerprint density at radius 3 is 1.96 bits per heavy atom. The third-order valence-corrected chi connectivity index (χ3v) is 4.91. The molecule has 1 aliphatic heterocycles. The minimum Gasteiger partial charge on any atom is -0.481 e. The Hall–Kier alpha value is -0.570. The first-order valence-electron chi connectivity index (χ1n) is 10.5. The molecule has 0 aliphatic carbocycles. The van der Waals surface area contributed by atoms with E-state index in [1.165, 1.54) is 103 Å². The number of nitrogens with zero attached hydrogens (tertiary/aromatic N) is 1. The maximum Gasteiger partial charge on any atom is 0.300 e. The Morgan fingerprint density at radius 2 is 1.42 bits per heavy atom. The van der Waals surface area contributed by atoms with Crippen LogP contribution in [0.15, 0.2) is 0 Å². The average molecular weight is 342 g/mol. The van der Waals surface area contributed by atoms with Gasteiger partial charge in [0.2, 0.25) is 0 Å². The third kappa shape index (κ3) is 16.3. The van der Waals surface area contributed by atoms with Crippen molar-refractivity contribution in [3.05, 3.63) is 0 Å². The van der Waals surface area contributed by atoms with Crippen molar-refractivity contribution in [2.75, 3.05) is 19.6 Å². The minimum atomic E-state index is -0.833. The third-order valence-electron chi connectivity index (χ3n) is 4.91. The van der Waals surface area contributed by atoms with Gasteiger partial charge in [-0.05, 0) is 38.3 Å². The van der Waals surface area contributed by atoms with Gasteiger partial charge in [-0.1, -0.05) is 78.1 Å². The van der Waals surface area contributed by atoms with E-state index in [1.54, 1.807) is 0 Å². The summed E-state index contributed by atoms with van der Waals surface area (Å²) >= 11 is 0. The van der Waals surface area contributed by atoms with Crippen LogP contribution in [0.2, 0.25) is 0 Å². The molecule has 0 bridgehead atoms. The molecule has 0 saturated carbocycles. The lowest BCUT2D eigenvalue weighted by molar-refractivity contribution is -0.134. The van der Waals surface area contributed by atoms with Crippen molar-refractivity contribution in [1.82, 2.24) is 4.90 Å². The standard InChI is InChI=1S/C19H39N.C2H4O2/c1-3-5-7-8-9-10-11-12-13-16-20-17-15-19(18-20)14-6-4-2;1-2(3)4/h19H,3-18H2,1-2H3;1H3,(H,3,4). The fourth-order valence-corrected chi connectivity index (χ4v) is 3.49. The van der Waals surface area contributed by atoms with Crippen LogP contribution in [0.5, 0.6) is 0 Å². The van der Waals surface area contributed by atoms with E-state index < -0.39 is 5.97 Å². The van der Waals surface area contributed by atoms with Crippen molar-refractivity contribution in [1.29, 1.82) is 0 Å². The Balaban J connectivity index is 0.00000118. The molecular weight excluding hydrogens is 298 g/mol. The summed E-state index contributed by atoms with van der Waals surface area (Å²) in [7, 11) is 0. The lowest BCUT2D eigenvalue weighted by Gasteiger charge is -2.15. The van der Waals surface area contributed by atoms with Crippen molar-refractivity contribution in [2.45, 2.75) is 104 Å². The maximum absolute atomic E-state index is 9.00. The smallest absolute Gasteiger partial charge is 0.300 e. The molecule has 3 nitrogen and oxygen atoms in total. The molecule has 1 atom stereocenters. The van der Waals surface area contributed by atoms with Crippen LogP contribution in [0.25, 0.3) is 0 Å². The first-order chi connectivity index (χ1) is 11.6. The Labute approximate surface area is 151 Å². The predicted molar refractivity (Wildman–Crippen MR) is 105 cm³/mol. The van der Waals surface area contributed by atoms with E-state index in [4.69, 9.17) is 9.90 Å². The zero-order valence-electron chi connectivity index (χ0n) is 16.7. The summed E-state index contributed by atoms with van der Waals surface area (Å²) in [6.45, 7) is 9.85. The van der Waals surface area contributed by atoms with E-state index in [1.807, 2.05) is 0 Å². The predicted octanol–water partition coefficient (Wildman–Crippen LogP) is 6.12. The lowest BCUT2D eigenvalue weighted by Crippen LogP contribution is -2.21. The Kier molecular flexibility index (Phi) is 16.8. The number of aliphatic carboxylic acids is 1. The molecule has 1 N–H and O–H groups in total. The molecule has 1 rings (SSSR count). The van der Waals surface area contributed by atoms with Crippen molar-refractivity contribution >= 4 is 5.97 Å². The fourth-order valence-electron chi connectivity index (χ4n) is 3.49. The summed E-state index contributed by atoms with van der Waals surface area (Å²) in [5, 5.41) is 7.42. The van der Waals surface area contributed by atoms with Gasteiger partial charge in [-0.15, -0.1) is 0 Å². The van der Waals surface area contributed by atoms with Crippen LogP contribution in [-0.2, 0) is 4.79 Å². The molecule has 1 aliphatic rings. The SMILES string of the molecule is CC(=O)O.CCCCCCCCCCCN1CCC(CCCC)C1. The van der Waals surface area contributed by atoms with Crippen molar-refractivity contribution in [2.24, 2.45) is 5.92 Å². The molecule has 0 aromatic heterocycles. The molecular formula is C21H43NO2. The van der Waals surface area contributed by atoms with Crippen LogP contribution in [0, 0.1) is 5.92 Å². The second kappa shape index (κ2) is 17.3. The van der Waals surface area contributed by atoms with Gasteiger partial charge in [-0.25, -0.2) is 0 Å². The van der Waals surface area contributed by atoms with Crippen LogP contribution >= 0.6 is 0 Å². The normalized spacial score (nSPS) is 17.5. The number of carbonyl (C=O) groups is 1. The highest BCUT2D eigenvalue weighted by Gasteiger charge is 2.20. The second-order valence-electron chi connectivity index (χ2n) is 7.44. The first kappa shape index (κ1) is 23.4. The second-order valence-corrected chi connectivity index (χ2v) is 7.44. The summed E-state index contributed by atoms with van der Waals surface area (Å²) in [5.74, 6) is 0.188. The highest BCUT2D eigenvalue weighted by atomic mass is 16.4. The van der Waals surface area contributed by atoms with Crippen LogP contribution in [0.4, 0.5) is 0 Å². The molecule has 144 valence electrons. The minimum absolute atomic E-state index is 0.833. The van der Waals surface area contributed by atoms with Gasteiger partial charge < -0.3 is 10.0 Å². The van der Waals surface area contributed by atoms with E-state index in [0.29, 0.717) is 0 Å². The summed E-state index contributed by atoms with van der Waals surface area (Å²) < 4.78 is 0. The molecule has 1 heterocycles. The van der Waals surface area contributed by atoms with E-state index in [2.05, 4.69) is 18.7 Å². The molecule has 3 heteroatoms.